The van der Waals surface area contributed by atoms with Crippen LogP contribution in [0.4, 0.5) is 0 Å². The molecule has 0 amide bonds. The van der Waals surface area contributed by atoms with Gasteiger partial charge >= 0.3 is 0 Å². The summed E-state index contributed by atoms with van der Waals surface area (Å²) in [5.41, 5.74) is 14.0. The summed E-state index contributed by atoms with van der Waals surface area (Å²) in [6.07, 6.45) is 34.0. The van der Waals surface area contributed by atoms with Gasteiger partial charge in [0, 0.05) is 27.9 Å². The maximum absolute atomic E-state index is 6.48. The second kappa shape index (κ2) is 17.8. The van der Waals surface area contributed by atoms with Crippen LogP contribution in [-0.4, -0.2) is 5.84 Å². The van der Waals surface area contributed by atoms with Gasteiger partial charge in [0.05, 0.1) is 5.41 Å². The Balaban J connectivity index is 1.73. The van der Waals surface area contributed by atoms with E-state index in [4.69, 9.17) is 10.7 Å². The van der Waals surface area contributed by atoms with Gasteiger partial charge in [0.25, 0.3) is 0 Å². The minimum atomic E-state index is -0.565. The maximum Gasteiger partial charge on any atom is 0.103 e. The highest BCUT2D eigenvalue weighted by Gasteiger charge is 2.40. The Morgan fingerprint density at radius 3 is 2.46 bits per heavy atom. The number of allylic oxidation sites excluding steroid dienone is 15. The first-order valence-corrected chi connectivity index (χ1v) is 17.4. The number of fused-ring (bicyclic) bond motifs is 1. The van der Waals surface area contributed by atoms with Gasteiger partial charge in [-0.05, 0) is 72.7 Å². The van der Waals surface area contributed by atoms with Gasteiger partial charge < -0.3 is 5.73 Å². The Hall–Kier alpha value is -4.99. The number of aryl methyl sites for hydroxylation is 1. The highest BCUT2D eigenvalue weighted by Crippen LogP contribution is 2.47. The minimum Gasteiger partial charge on any atom is -0.387 e. The minimum absolute atomic E-state index is 0.565. The van der Waals surface area contributed by atoms with Gasteiger partial charge in [-0.15, -0.1) is 11.3 Å². The third-order valence-electron chi connectivity index (χ3n) is 8.49. The average molecular weight is 649 g/mol. The predicted molar refractivity (Wildman–Crippen MR) is 214 cm³/mol. The van der Waals surface area contributed by atoms with Gasteiger partial charge in [-0.3, -0.25) is 0 Å². The van der Waals surface area contributed by atoms with Crippen molar-refractivity contribution in [2.45, 2.75) is 52.4 Å². The molecule has 1 heterocycles. The van der Waals surface area contributed by atoms with Crippen molar-refractivity contribution in [1.29, 1.82) is 0 Å². The second-order valence-corrected chi connectivity index (χ2v) is 12.8. The summed E-state index contributed by atoms with van der Waals surface area (Å²) in [5, 5.41) is 1.20. The van der Waals surface area contributed by atoms with E-state index >= 15 is 0 Å². The Labute approximate surface area is 291 Å². The molecule has 0 aliphatic heterocycles. The molecule has 1 aliphatic rings. The van der Waals surface area contributed by atoms with Crippen LogP contribution in [0.2, 0.25) is 0 Å². The van der Waals surface area contributed by atoms with Crippen LogP contribution in [-0.2, 0) is 11.8 Å². The largest absolute Gasteiger partial charge is 0.387 e. The van der Waals surface area contributed by atoms with E-state index in [9.17, 15) is 0 Å². The summed E-state index contributed by atoms with van der Waals surface area (Å²) in [5.74, 6) is 0.587. The molecule has 2 N–H and O–H groups in total. The summed E-state index contributed by atoms with van der Waals surface area (Å²) in [7, 11) is 0. The topological polar surface area (TPSA) is 38.4 Å². The number of benzene rings is 2. The van der Waals surface area contributed by atoms with Crippen molar-refractivity contribution in [1.82, 2.24) is 0 Å². The molecule has 0 radical (unpaired) electrons. The number of hydrogen-bond acceptors (Lipinski definition) is 2. The molecule has 2 aromatic carbocycles. The molecule has 0 bridgehead atoms. The number of rotatable bonds is 13. The van der Waals surface area contributed by atoms with Gasteiger partial charge in [0.15, 0.2) is 0 Å². The molecule has 244 valence electrons. The quantitative estimate of drug-likeness (QED) is 0.112. The smallest absolute Gasteiger partial charge is 0.103 e. The summed E-state index contributed by atoms with van der Waals surface area (Å²) < 4.78 is 1.20. The van der Waals surface area contributed by atoms with E-state index in [1.54, 1.807) is 0 Å². The van der Waals surface area contributed by atoms with E-state index in [1.807, 2.05) is 43.4 Å². The molecule has 0 saturated heterocycles. The second-order valence-electron chi connectivity index (χ2n) is 11.6. The van der Waals surface area contributed by atoms with E-state index in [-0.39, 0.29) is 0 Å². The third-order valence-corrected chi connectivity index (χ3v) is 9.73. The van der Waals surface area contributed by atoms with E-state index in [2.05, 4.69) is 155 Å². The fourth-order valence-electron chi connectivity index (χ4n) is 6.32. The van der Waals surface area contributed by atoms with Crippen molar-refractivity contribution >= 4 is 35.4 Å². The first-order valence-electron chi connectivity index (χ1n) is 16.6. The molecular weight excluding hydrogens is 601 g/mol. The third kappa shape index (κ3) is 8.29. The van der Waals surface area contributed by atoms with E-state index < -0.39 is 5.41 Å². The summed E-state index contributed by atoms with van der Waals surface area (Å²) in [6.45, 7) is 16.6. The first-order chi connectivity index (χ1) is 23.4. The van der Waals surface area contributed by atoms with E-state index in [0.717, 1.165) is 17.7 Å². The van der Waals surface area contributed by atoms with Crippen LogP contribution >= 0.6 is 11.3 Å². The van der Waals surface area contributed by atoms with Crippen LogP contribution in [0.5, 0.6) is 0 Å². The molecule has 0 saturated carbocycles. The van der Waals surface area contributed by atoms with Crippen LogP contribution in [0.25, 0.3) is 18.2 Å². The number of nitrogens with two attached hydrogens (primary N) is 1. The molecule has 3 aromatic rings. The van der Waals surface area contributed by atoms with Crippen molar-refractivity contribution in [2.24, 2.45) is 10.7 Å². The maximum atomic E-state index is 6.48. The lowest BCUT2D eigenvalue weighted by Crippen LogP contribution is -2.32. The Morgan fingerprint density at radius 1 is 0.979 bits per heavy atom. The fourth-order valence-corrected chi connectivity index (χ4v) is 7.51. The molecule has 1 atom stereocenters. The predicted octanol–water partition coefficient (Wildman–Crippen LogP) is 10.1. The zero-order chi connectivity index (χ0) is 34.4. The Morgan fingerprint density at radius 2 is 1.75 bits per heavy atom. The molecule has 2 nitrogen and oxygen atoms in total. The number of thiophene rings is 1. The van der Waals surface area contributed by atoms with Crippen molar-refractivity contribution in [3.8, 4) is 0 Å². The molecule has 48 heavy (non-hydrogen) atoms. The number of hydrogen-bond donors (Lipinski definition) is 1. The zero-order valence-electron chi connectivity index (χ0n) is 28.8. The monoisotopic (exact) mass is 648 g/mol. The van der Waals surface area contributed by atoms with Crippen LogP contribution < -0.4 is 15.5 Å². The molecule has 0 spiro atoms. The molecule has 1 aromatic heterocycles. The number of amidine groups is 1. The summed E-state index contributed by atoms with van der Waals surface area (Å²) in [6, 6.07) is 19.4. The van der Waals surface area contributed by atoms with Crippen LogP contribution in [0.1, 0.15) is 60.7 Å². The van der Waals surface area contributed by atoms with Gasteiger partial charge in [-0.1, -0.05) is 159 Å². The Bertz CT molecular complexity index is 1970. The lowest BCUT2D eigenvalue weighted by molar-refractivity contribution is 0.731. The van der Waals surface area contributed by atoms with E-state index in [0.29, 0.717) is 18.7 Å². The zero-order valence-corrected chi connectivity index (χ0v) is 29.6. The standard InChI is InChI=1S/C45H48N2S/c1-7-11-14-25-36(9-3)45(38-26-15-12-16-27-38,41-30-20-19-23-34(41)5)37(10-4)28-21-24-35(6)47-44(46)33-32-43-39(22-8-2)40-29-17-13-18-31-42(40)48-43/h7-20,22-30,32H,2,4,21,31,33H2,1,3,5-6H3,(H2,46,47)/b11-7-,25-14-,35-24+,36-9+,37-28+,39-22-,43-32+. The molecule has 4 rings (SSSR count). The van der Waals surface area contributed by atoms with Gasteiger partial charge in [-0.25, -0.2) is 4.99 Å². The van der Waals surface area contributed by atoms with Crippen molar-refractivity contribution in [2.75, 3.05) is 0 Å². The molecular formula is C45H48N2S. The highest BCUT2D eigenvalue weighted by molar-refractivity contribution is 7.10. The van der Waals surface area contributed by atoms with Crippen molar-refractivity contribution in [3.63, 3.8) is 0 Å². The highest BCUT2D eigenvalue weighted by atomic mass is 32.1. The van der Waals surface area contributed by atoms with Crippen LogP contribution in [0.15, 0.2) is 163 Å². The van der Waals surface area contributed by atoms with Gasteiger partial charge in [0.2, 0.25) is 0 Å². The van der Waals surface area contributed by atoms with Gasteiger partial charge in [0.1, 0.15) is 5.84 Å². The first kappa shape index (κ1) is 35.9. The number of nitrogens with zero attached hydrogens (tertiary/aromatic N) is 1. The summed E-state index contributed by atoms with van der Waals surface area (Å²) >= 11 is 1.81. The molecule has 3 heteroatoms. The average Bonchev–Trinajstić information content (AvgIpc) is 3.24. The fraction of sp³-hybridized carbons (Fsp3) is 0.178. The van der Waals surface area contributed by atoms with Crippen molar-refractivity contribution in [3.05, 3.63) is 194 Å². The summed E-state index contributed by atoms with van der Waals surface area (Å²) in [4.78, 5) is 6.12. The van der Waals surface area contributed by atoms with Crippen LogP contribution in [0.3, 0.4) is 0 Å². The molecule has 1 aliphatic carbocycles. The lowest BCUT2D eigenvalue weighted by Gasteiger charge is -2.39. The molecule has 0 fully saturated rings. The molecule has 1 unspecified atom stereocenters. The van der Waals surface area contributed by atoms with Crippen molar-refractivity contribution < 1.29 is 0 Å². The SMILES string of the molecule is C=C/C=c1/c2c(s/c1=C/CC(N)=N/C(C)=C/C/C=C(\C=C)C(C(/C=C\C=C/C)=C/C)(c1ccccc1)c1ccccc1C)CC=CC=C2. The van der Waals surface area contributed by atoms with Gasteiger partial charge in [-0.2, -0.15) is 0 Å². The number of aliphatic imine (C=N–C) groups is 1. The Kier molecular flexibility index (Phi) is 13.3. The lowest BCUT2D eigenvalue weighted by atomic mass is 9.62. The van der Waals surface area contributed by atoms with E-state index in [1.165, 1.54) is 42.5 Å². The van der Waals surface area contributed by atoms with Crippen LogP contribution in [0, 0.1) is 6.92 Å². The normalized spacial score (nSPS) is 16.4.